The molecule has 29 heavy (non-hydrogen) atoms. The molecule has 0 saturated carbocycles. The van der Waals surface area contributed by atoms with Crippen molar-refractivity contribution in [1.29, 1.82) is 0 Å². The van der Waals surface area contributed by atoms with Gasteiger partial charge in [-0.05, 0) is 18.6 Å². The van der Waals surface area contributed by atoms with Crippen molar-refractivity contribution in [2.24, 2.45) is 7.05 Å². The number of H-pyrrole nitrogens is 1. The van der Waals surface area contributed by atoms with E-state index in [1.807, 2.05) is 37.3 Å². The summed E-state index contributed by atoms with van der Waals surface area (Å²) in [6, 6.07) is 9.83. The molecule has 0 amide bonds. The Labute approximate surface area is 171 Å². The number of nitrogens with zero attached hydrogens (tertiary/aromatic N) is 3. The van der Waals surface area contributed by atoms with Gasteiger partial charge in [-0.25, -0.2) is 9.78 Å². The maximum absolute atomic E-state index is 12.2. The highest BCUT2D eigenvalue weighted by Crippen LogP contribution is 2.18. The number of imidazole rings is 1. The molecule has 2 aromatic heterocycles. The number of hydrogen-bond acceptors (Lipinski definition) is 6. The molecule has 0 aliphatic heterocycles. The van der Waals surface area contributed by atoms with Crippen LogP contribution >= 0.6 is 11.8 Å². The summed E-state index contributed by atoms with van der Waals surface area (Å²) in [6.07, 6.45) is 1.97. The topological polar surface area (TPSA) is 99.0 Å². The summed E-state index contributed by atoms with van der Waals surface area (Å²) < 4.78 is 8.36. The Morgan fingerprint density at radius 1 is 1.24 bits per heavy atom. The van der Waals surface area contributed by atoms with E-state index in [0.717, 1.165) is 17.7 Å². The average molecular weight is 417 g/mol. The quantitative estimate of drug-likeness (QED) is 0.425. The van der Waals surface area contributed by atoms with Gasteiger partial charge in [0.05, 0.1) is 6.42 Å². The van der Waals surface area contributed by atoms with Gasteiger partial charge < -0.3 is 9.30 Å². The number of carbonyl (C=O) groups excluding carboxylic acids is 1. The number of nitrogens with one attached hydrogen (secondary N) is 1. The van der Waals surface area contributed by atoms with Gasteiger partial charge >= 0.3 is 11.7 Å². The highest BCUT2D eigenvalue weighted by Gasteiger charge is 2.17. The number of aromatic amines is 1. The number of rotatable bonds is 9. The van der Waals surface area contributed by atoms with Crippen molar-refractivity contribution in [3.05, 3.63) is 57.0 Å². The van der Waals surface area contributed by atoms with Crippen molar-refractivity contribution in [2.45, 2.75) is 44.2 Å². The van der Waals surface area contributed by atoms with Crippen LogP contribution in [0, 0.1) is 0 Å². The Balaban J connectivity index is 1.67. The van der Waals surface area contributed by atoms with Crippen LogP contribution in [0.2, 0.25) is 0 Å². The highest BCUT2D eigenvalue weighted by molar-refractivity contribution is 7.99. The minimum atomic E-state index is -0.496. The molecule has 2 heterocycles. The molecule has 0 aliphatic rings. The van der Waals surface area contributed by atoms with Crippen LogP contribution in [0.3, 0.4) is 0 Å². The van der Waals surface area contributed by atoms with Crippen molar-refractivity contribution in [3.63, 3.8) is 0 Å². The number of esters is 1. The molecule has 154 valence electrons. The monoisotopic (exact) mass is 416 g/mol. The van der Waals surface area contributed by atoms with Gasteiger partial charge in [-0.1, -0.05) is 31.5 Å². The first-order chi connectivity index (χ1) is 14.0. The van der Waals surface area contributed by atoms with Gasteiger partial charge in [0.25, 0.3) is 5.56 Å². The van der Waals surface area contributed by atoms with Crippen LogP contribution in [0.5, 0.6) is 0 Å². The lowest BCUT2D eigenvalue weighted by atomic mass is 10.3. The minimum absolute atomic E-state index is 0.0541. The van der Waals surface area contributed by atoms with E-state index >= 15 is 0 Å². The third-order valence-electron chi connectivity index (χ3n) is 4.52. The standard InChI is InChI=1S/C20H24N4O4S/c1-3-4-11-24-18-17(19(26)22-20(24)27)23(2)15(21-18)13-28-16(25)10-12-29-14-8-6-5-7-9-14/h5-9H,3-4,10-13H2,1-2H3,(H,22,26,27). The lowest BCUT2D eigenvalue weighted by molar-refractivity contribution is -0.144. The summed E-state index contributed by atoms with van der Waals surface area (Å²) in [5.41, 5.74) is -0.355. The molecule has 0 bridgehead atoms. The first kappa shape index (κ1) is 20.9. The fourth-order valence-corrected chi connectivity index (χ4v) is 3.78. The first-order valence-electron chi connectivity index (χ1n) is 9.53. The summed E-state index contributed by atoms with van der Waals surface area (Å²) in [7, 11) is 1.67. The Morgan fingerprint density at radius 2 is 2.00 bits per heavy atom. The second-order valence-electron chi connectivity index (χ2n) is 6.60. The fraction of sp³-hybridized carbons (Fsp3) is 0.400. The van der Waals surface area contributed by atoms with Crippen LogP contribution in [0.15, 0.2) is 44.8 Å². The molecule has 1 aromatic carbocycles. The zero-order valence-corrected chi connectivity index (χ0v) is 17.3. The molecule has 1 N–H and O–H groups in total. The normalized spacial score (nSPS) is 11.1. The van der Waals surface area contributed by atoms with Gasteiger partial charge in [0.2, 0.25) is 0 Å². The molecule has 0 unspecified atom stereocenters. The Kier molecular flexibility index (Phi) is 6.92. The number of unbranched alkanes of at least 4 members (excludes halogenated alkanes) is 1. The van der Waals surface area contributed by atoms with Gasteiger partial charge in [-0.2, -0.15) is 0 Å². The molecule has 0 fully saturated rings. The summed E-state index contributed by atoms with van der Waals surface area (Å²) in [5.74, 6) is 0.699. The Morgan fingerprint density at radius 3 is 2.72 bits per heavy atom. The number of aromatic nitrogens is 4. The Hall–Kier alpha value is -2.81. The lowest BCUT2D eigenvalue weighted by Gasteiger charge is -2.05. The van der Waals surface area contributed by atoms with Gasteiger partial charge in [-0.15, -0.1) is 11.8 Å². The second kappa shape index (κ2) is 9.60. The smallest absolute Gasteiger partial charge is 0.330 e. The van der Waals surface area contributed by atoms with E-state index in [9.17, 15) is 14.4 Å². The molecule has 0 radical (unpaired) electrons. The number of hydrogen-bond donors (Lipinski definition) is 1. The van der Waals surface area contributed by atoms with E-state index in [-0.39, 0.29) is 19.0 Å². The van der Waals surface area contributed by atoms with Crippen molar-refractivity contribution in [2.75, 3.05) is 5.75 Å². The molecule has 0 atom stereocenters. The van der Waals surface area contributed by atoms with Crippen LogP contribution in [-0.4, -0.2) is 30.8 Å². The fourth-order valence-electron chi connectivity index (χ4n) is 2.93. The number of aryl methyl sites for hydroxylation is 2. The highest BCUT2D eigenvalue weighted by atomic mass is 32.2. The predicted octanol–water partition coefficient (Wildman–Crippen LogP) is 2.45. The lowest BCUT2D eigenvalue weighted by Crippen LogP contribution is -2.31. The molecule has 3 aromatic rings. The maximum atomic E-state index is 12.2. The third kappa shape index (κ3) is 4.97. The van der Waals surface area contributed by atoms with Gasteiger partial charge in [0.15, 0.2) is 11.2 Å². The molecular weight excluding hydrogens is 392 g/mol. The molecule has 3 rings (SSSR count). The molecule has 0 aliphatic carbocycles. The number of ether oxygens (including phenoxy) is 1. The Bertz CT molecular complexity index is 1100. The van der Waals surface area contributed by atoms with E-state index in [1.165, 1.54) is 4.57 Å². The molecule has 0 spiro atoms. The number of carbonyl (C=O) groups is 1. The average Bonchev–Trinajstić information content (AvgIpc) is 3.04. The van der Waals surface area contributed by atoms with Crippen molar-refractivity contribution in [1.82, 2.24) is 19.1 Å². The van der Waals surface area contributed by atoms with Crippen LogP contribution in [0.1, 0.15) is 32.0 Å². The molecular formula is C20H24N4O4S. The van der Waals surface area contributed by atoms with E-state index in [0.29, 0.717) is 29.3 Å². The van der Waals surface area contributed by atoms with Gasteiger partial charge in [0, 0.05) is 24.2 Å². The minimum Gasteiger partial charge on any atom is -0.457 e. The molecule has 0 saturated heterocycles. The third-order valence-corrected chi connectivity index (χ3v) is 5.54. The van der Waals surface area contributed by atoms with Crippen LogP contribution in [0.25, 0.3) is 11.2 Å². The number of fused-ring (bicyclic) bond motifs is 1. The van der Waals surface area contributed by atoms with Crippen molar-refractivity contribution in [3.8, 4) is 0 Å². The predicted molar refractivity (Wildman–Crippen MR) is 112 cm³/mol. The largest absolute Gasteiger partial charge is 0.457 e. The van der Waals surface area contributed by atoms with E-state index < -0.39 is 11.2 Å². The summed E-state index contributed by atoms with van der Waals surface area (Å²) in [5, 5.41) is 0. The SMILES string of the molecule is CCCCn1c(=O)[nH]c(=O)c2c1nc(COC(=O)CCSc1ccccc1)n2C. The number of thioether (sulfide) groups is 1. The van der Waals surface area contributed by atoms with Crippen LogP contribution in [0.4, 0.5) is 0 Å². The van der Waals surface area contributed by atoms with Gasteiger partial charge in [0.1, 0.15) is 12.4 Å². The summed E-state index contributed by atoms with van der Waals surface area (Å²) in [4.78, 5) is 44.3. The zero-order chi connectivity index (χ0) is 20.8. The second-order valence-corrected chi connectivity index (χ2v) is 7.76. The zero-order valence-electron chi connectivity index (χ0n) is 16.5. The number of benzene rings is 1. The van der Waals surface area contributed by atoms with E-state index in [2.05, 4.69) is 9.97 Å². The van der Waals surface area contributed by atoms with E-state index in [1.54, 1.807) is 23.4 Å². The first-order valence-corrected chi connectivity index (χ1v) is 10.5. The molecule has 8 nitrogen and oxygen atoms in total. The maximum Gasteiger partial charge on any atom is 0.330 e. The van der Waals surface area contributed by atoms with E-state index in [4.69, 9.17) is 4.74 Å². The van der Waals surface area contributed by atoms with Crippen molar-refractivity contribution < 1.29 is 9.53 Å². The summed E-state index contributed by atoms with van der Waals surface area (Å²) in [6.45, 7) is 2.43. The molecule has 9 heteroatoms. The van der Waals surface area contributed by atoms with Crippen molar-refractivity contribution >= 4 is 28.9 Å². The van der Waals surface area contributed by atoms with Crippen LogP contribution in [-0.2, 0) is 29.7 Å². The van der Waals surface area contributed by atoms with Crippen LogP contribution < -0.4 is 11.2 Å². The van der Waals surface area contributed by atoms with Gasteiger partial charge in [-0.3, -0.25) is 19.1 Å². The summed E-state index contributed by atoms with van der Waals surface area (Å²) >= 11 is 1.59.